The minimum atomic E-state index is -1.29. The highest BCUT2D eigenvalue weighted by Gasteiger charge is 2.38. The van der Waals surface area contributed by atoms with Crippen molar-refractivity contribution >= 4 is 35.4 Å². The fourth-order valence-corrected chi connectivity index (χ4v) is 3.94. The SMILES string of the molecule is CNC(=O)CCN1C(=O)CC(SCCC(=O)NC(O)c2ccc(O)c(OC)c2)C1=O. The minimum Gasteiger partial charge on any atom is -0.504 e. The second-order valence-corrected chi connectivity index (χ2v) is 7.83. The Bertz CT molecular complexity index is 817. The third-order valence-electron chi connectivity index (χ3n) is 4.51. The largest absolute Gasteiger partial charge is 0.504 e. The standard InChI is InChI=1S/C19H25N3O7S/c1-20-15(24)5-7-22-17(26)10-14(19(22)28)30-8-6-16(25)21-18(27)11-3-4-12(23)13(9-11)29-2/h3-4,9,14,18,23,27H,5-8,10H2,1-2H3,(H,20,24)(H,21,25). The maximum atomic E-state index is 12.3. The Morgan fingerprint density at radius 1 is 1.30 bits per heavy atom. The summed E-state index contributed by atoms with van der Waals surface area (Å²) in [5.74, 6) is -1.01. The van der Waals surface area contributed by atoms with E-state index < -0.39 is 17.4 Å². The van der Waals surface area contributed by atoms with Crippen molar-refractivity contribution in [3.8, 4) is 11.5 Å². The van der Waals surface area contributed by atoms with Gasteiger partial charge in [-0.05, 0) is 12.1 Å². The summed E-state index contributed by atoms with van der Waals surface area (Å²) in [6, 6.07) is 4.21. The van der Waals surface area contributed by atoms with E-state index in [1.807, 2.05) is 0 Å². The van der Waals surface area contributed by atoms with Gasteiger partial charge < -0.3 is 25.6 Å². The van der Waals surface area contributed by atoms with Crippen LogP contribution in [0.1, 0.15) is 31.1 Å². The Labute approximate surface area is 178 Å². The van der Waals surface area contributed by atoms with Crippen molar-refractivity contribution in [1.82, 2.24) is 15.5 Å². The molecule has 0 aliphatic carbocycles. The summed E-state index contributed by atoms with van der Waals surface area (Å²) in [5, 5.41) is 24.0. The summed E-state index contributed by atoms with van der Waals surface area (Å²) < 4.78 is 4.96. The number of methoxy groups -OCH3 is 1. The van der Waals surface area contributed by atoms with Gasteiger partial charge in [0.15, 0.2) is 17.7 Å². The Balaban J connectivity index is 1.78. The number of imide groups is 1. The molecule has 1 aromatic carbocycles. The summed E-state index contributed by atoms with van der Waals surface area (Å²) in [6.07, 6.45) is -1.16. The number of phenolic OH excluding ortho intramolecular Hbond substituents is 1. The molecule has 0 spiro atoms. The highest BCUT2D eigenvalue weighted by Crippen LogP contribution is 2.29. The number of hydrogen-bond donors (Lipinski definition) is 4. The Hall–Kier alpha value is -2.79. The van der Waals surface area contributed by atoms with Crippen LogP contribution in [0, 0.1) is 0 Å². The van der Waals surface area contributed by atoms with Crippen LogP contribution in [0.5, 0.6) is 11.5 Å². The van der Waals surface area contributed by atoms with Crippen LogP contribution in [0.15, 0.2) is 18.2 Å². The van der Waals surface area contributed by atoms with Crippen molar-refractivity contribution in [2.75, 3.05) is 26.5 Å². The fraction of sp³-hybridized carbons (Fsp3) is 0.474. The van der Waals surface area contributed by atoms with E-state index in [0.29, 0.717) is 5.56 Å². The van der Waals surface area contributed by atoms with Crippen LogP contribution in [-0.4, -0.2) is 70.4 Å². The maximum absolute atomic E-state index is 12.3. The van der Waals surface area contributed by atoms with E-state index in [1.165, 1.54) is 44.1 Å². The van der Waals surface area contributed by atoms with Crippen molar-refractivity contribution in [3.05, 3.63) is 23.8 Å². The molecule has 1 aromatic rings. The van der Waals surface area contributed by atoms with E-state index in [9.17, 15) is 29.4 Å². The van der Waals surface area contributed by atoms with Crippen LogP contribution in [-0.2, 0) is 19.2 Å². The fourth-order valence-electron chi connectivity index (χ4n) is 2.82. The number of aromatic hydroxyl groups is 1. The highest BCUT2D eigenvalue weighted by atomic mass is 32.2. The number of likely N-dealkylation sites (tertiary alicyclic amines) is 1. The first-order valence-electron chi connectivity index (χ1n) is 9.27. The van der Waals surface area contributed by atoms with E-state index in [4.69, 9.17) is 4.74 Å². The molecule has 2 rings (SSSR count). The highest BCUT2D eigenvalue weighted by molar-refractivity contribution is 8.00. The van der Waals surface area contributed by atoms with Gasteiger partial charge in [0.1, 0.15) is 0 Å². The first-order valence-corrected chi connectivity index (χ1v) is 10.3. The molecule has 0 radical (unpaired) electrons. The monoisotopic (exact) mass is 439 g/mol. The van der Waals surface area contributed by atoms with Crippen molar-refractivity contribution < 1.29 is 34.1 Å². The lowest BCUT2D eigenvalue weighted by atomic mass is 10.1. The first-order chi connectivity index (χ1) is 14.3. The van der Waals surface area contributed by atoms with Crippen LogP contribution >= 0.6 is 11.8 Å². The van der Waals surface area contributed by atoms with Gasteiger partial charge in [0.2, 0.25) is 23.6 Å². The summed E-state index contributed by atoms with van der Waals surface area (Å²) in [7, 11) is 2.85. The lowest BCUT2D eigenvalue weighted by molar-refractivity contribution is -0.138. The molecule has 1 fully saturated rings. The number of benzene rings is 1. The number of thioether (sulfide) groups is 1. The molecule has 2 unspecified atom stereocenters. The zero-order chi connectivity index (χ0) is 22.3. The third kappa shape index (κ3) is 6.10. The van der Waals surface area contributed by atoms with E-state index in [-0.39, 0.29) is 60.8 Å². The molecule has 4 N–H and O–H groups in total. The quantitative estimate of drug-likeness (QED) is 0.292. The second-order valence-electron chi connectivity index (χ2n) is 6.52. The lowest BCUT2D eigenvalue weighted by Gasteiger charge is -2.15. The van der Waals surface area contributed by atoms with Gasteiger partial charge >= 0.3 is 0 Å². The molecule has 30 heavy (non-hydrogen) atoms. The molecule has 1 heterocycles. The molecule has 2 atom stereocenters. The van der Waals surface area contributed by atoms with Gasteiger partial charge in [-0.1, -0.05) is 6.07 Å². The molecule has 0 bridgehead atoms. The van der Waals surface area contributed by atoms with Gasteiger partial charge in [-0.3, -0.25) is 24.1 Å². The summed E-state index contributed by atoms with van der Waals surface area (Å²) in [6.45, 7) is 0.0389. The van der Waals surface area contributed by atoms with Gasteiger partial charge in [0, 0.05) is 44.2 Å². The van der Waals surface area contributed by atoms with Crippen LogP contribution in [0.3, 0.4) is 0 Å². The van der Waals surface area contributed by atoms with Crippen molar-refractivity contribution in [3.63, 3.8) is 0 Å². The topological polar surface area (TPSA) is 145 Å². The van der Waals surface area contributed by atoms with Gasteiger partial charge in [0.05, 0.1) is 12.4 Å². The van der Waals surface area contributed by atoms with Gasteiger partial charge in [-0.25, -0.2) is 0 Å². The second kappa shape index (κ2) is 10.8. The maximum Gasteiger partial charge on any atom is 0.242 e. The number of rotatable bonds is 10. The molecule has 11 heteroatoms. The van der Waals surface area contributed by atoms with E-state index in [1.54, 1.807) is 0 Å². The Morgan fingerprint density at radius 3 is 2.70 bits per heavy atom. The number of aliphatic hydroxyl groups is 1. The normalized spacial score (nSPS) is 17.0. The average molecular weight is 439 g/mol. The predicted molar refractivity (Wildman–Crippen MR) is 109 cm³/mol. The number of aliphatic hydroxyl groups excluding tert-OH is 1. The molecule has 4 amide bonds. The van der Waals surface area contributed by atoms with Crippen LogP contribution in [0.25, 0.3) is 0 Å². The average Bonchev–Trinajstić information content (AvgIpc) is 2.99. The summed E-state index contributed by atoms with van der Waals surface area (Å²) >= 11 is 1.19. The van der Waals surface area contributed by atoms with Crippen molar-refractivity contribution in [2.24, 2.45) is 0 Å². The number of nitrogens with zero attached hydrogens (tertiary/aromatic N) is 1. The molecule has 164 valence electrons. The van der Waals surface area contributed by atoms with Crippen molar-refractivity contribution in [1.29, 1.82) is 0 Å². The lowest BCUT2D eigenvalue weighted by Crippen LogP contribution is -2.35. The van der Waals surface area contributed by atoms with E-state index in [0.717, 1.165) is 4.90 Å². The predicted octanol–water partition coefficient (Wildman–Crippen LogP) is -0.105. The number of carbonyl (C=O) groups excluding carboxylic acids is 4. The molecule has 0 aromatic heterocycles. The Kier molecular flexibility index (Phi) is 8.48. The Morgan fingerprint density at radius 2 is 2.03 bits per heavy atom. The molecule has 1 saturated heterocycles. The van der Waals surface area contributed by atoms with Crippen molar-refractivity contribution in [2.45, 2.75) is 30.7 Å². The number of phenols is 1. The first kappa shape index (κ1) is 23.5. The number of carbonyl (C=O) groups is 4. The molecule has 1 aliphatic heterocycles. The zero-order valence-electron chi connectivity index (χ0n) is 16.7. The molecular weight excluding hydrogens is 414 g/mol. The molecule has 0 saturated carbocycles. The minimum absolute atomic E-state index is 0.0349. The molecule has 10 nitrogen and oxygen atoms in total. The number of nitrogens with one attached hydrogen (secondary N) is 2. The number of amides is 4. The van der Waals surface area contributed by atoms with Gasteiger partial charge in [-0.2, -0.15) is 0 Å². The summed E-state index contributed by atoms with van der Waals surface area (Å²) in [4.78, 5) is 48.8. The van der Waals surface area contributed by atoms with Gasteiger partial charge in [0.25, 0.3) is 0 Å². The van der Waals surface area contributed by atoms with Crippen LogP contribution < -0.4 is 15.4 Å². The van der Waals surface area contributed by atoms with Crippen LogP contribution in [0.2, 0.25) is 0 Å². The van der Waals surface area contributed by atoms with E-state index in [2.05, 4.69) is 10.6 Å². The number of hydrogen-bond acceptors (Lipinski definition) is 8. The molecule has 1 aliphatic rings. The smallest absolute Gasteiger partial charge is 0.242 e. The van der Waals surface area contributed by atoms with E-state index >= 15 is 0 Å². The zero-order valence-corrected chi connectivity index (χ0v) is 17.5. The van der Waals surface area contributed by atoms with Crippen LogP contribution in [0.4, 0.5) is 0 Å². The summed E-state index contributed by atoms with van der Waals surface area (Å²) in [5.41, 5.74) is 0.342. The number of ether oxygens (including phenoxy) is 1. The van der Waals surface area contributed by atoms with Gasteiger partial charge in [-0.15, -0.1) is 11.8 Å². The molecular formula is C19H25N3O7S. The third-order valence-corrected chi connectivity index (χ3v) is 5.72.